The Balaban J connectivity index is 2.71. The van der Waals surface area contributed by atoms with Gasteiger partial charge in [-0.05, 0) is 24.6 Å². The number of carbonyl (C=O) groups excluding carboxylic acids is 1. The molecule has 1 rings (SSSR count). The Morgan fingerprint density at radius 3 is 2.83 bits per heavy atom. The van der Waals surface area contributed by atoms with E-state index < -0.39 is 0 Å². The second kappa shape index (κ2) is 7.64. The van der Waals surface area contributed by atoms with Crippen LogP contribution in [0.2, 0.25) is 0 Å². The maximum Gasteiger partial charge on any atom is 0.222 e. The zero-order chi connectivity index (χ0) is 13.5. The predicted octanol–water partition coefficient (Wildman–Crippen LogP) is 3.44. The summed E-state index contributed by atoms with van der Waals surface area (Å²) in [7, 11) is 3.42. The van der Waals surface area contributed by atoms with Crippen molar-refractivity contribution < 1.29 is 9.53 Å². The summed E-state index contributed by atoms with van der Waals surface area (Å²) in [6, 6.07) is 5.76. The molecule has 3 nitrogen and oxygen atoms in total. The lowest BCUT2D eigenvalue weighted by Crippen LogP contribution is -2.26. The summed E-state index contributed by atoms with van der Waals surface area (Å²) in [6.45, 7) is 0.531. The number of hydrogen-bond acceptors (Lipinski definition) is 2. The molecular formula is C13H17BrClNO2. The molecule has 100 valence electrons. The standard InChI is InChI=1S/C13H17BrClNO2/c1-16(13(17)4-3-7-15)9-10-8-11(14)5-6-12(10)18-2/h5-6,8H,3-4,7,9H2,1-2H3. The minimum absolute atomic E-state index is 0.0951. The van der Waals surface area contributed by atoms with Crippen molar-refractivity contribution in [3.05, 3.63) is 28.2 Å². The van der Waals surface area contributed by atoms with E-state index in [-0.39, 0.29) is 5.91 Å². The third-order valence-electron chi connectivity index (χ3n) is 2.60. The van der Waals surface area contributed by atoms with Crippen LogP contribution in [0.5, 0.6) is 5.75 Å². The summed E-state index contributed by atoms with van der Waals surface area (Å²) >= 11 is 9.00. The first-order chi connectivity index (χ1) is 8.58. The molecule has 0 aliphatic carbocycles. The molecule has 0 unspecified atom stereocenters. The van der Waals surface area contributed by atoms with Gasteiger partial charge in [-0.2, -0.15) is 0 Å². The summed E-state index contributed by atoms with van der Waals surface area (Å²) in [5, 5.41) is 0. The SMILES string of the molecule is COc1ccc(Br)cc1CN(C)C(=O)CCCCl. The average Bonchev–Trinajstić information content (AvgIpc) is 2.36. The Hall–Kier alpha value is -0.740. The van der Waals surface area contributed by atoms with E-state index >= 15 is 0 Å². The molecule has 1 amide bonds. The van der Waals surface area contributed by atoms with Crippen molar-refractivity contribution >= 4 is 33.4 Å². The first-order valence-electron chi connectivity index (χ1n) is 5.70. The molecule has 0 bridgehead atoms. The number of nitrogens with zero attached hydrogens (tertiary/aromatic N) is 1. The van der Waals surface area contributed by atoms with Gasteiger partial charge in [0, 0.05) is 35.9 Å². The molecule has 18 heavy (non-hydrogen) atoms. The van der Waals surface area contributed by atoms with Crippen molar-refractivity contribution in [3.8, 4) is 5.75 Å². The van der Waals surface area contributed by atoms with Gasteiger partial charge in [-0.1, -0.05) is 15.9 Å². The van der Waals surface area contributed by atoms with Crippen LogP contribution in [0.25, 0.3) is 0 Å². The van der Waals surface area contributed by atoms with Gasteiger partial charge in [-0.25, -0.2) is 0 Å². The van der Waals surface area contributed by atoms with Gasteiger partial charge in [0.15, 0.2) is 0 Å². The molecule has 0 aromatic heterocycles. The normalized spacial score (nSPS) is 10.2. The lowest BCUT2D eigenvalue weighted by Gasteiger charge is -2.19. The molecule has 0 fully saturated rings. The molecule has 0 spiro atoms. The van der Waals surface area contributed by atoms with E-state index in [1.807, 2.05) is 18.2 Å². The second-order valence-electron chi connectivity index (χ2n) is 4.00. The number of amides is 1. The van der Waals surface area contributed by atoms with E-state index in [0.29, 0.717) is 25.3 Å². The molecule has 0 saturated heterocycles. The monoisotopic (exact) mass is 333 g/mol. The van der Waals surface area contributed by atoms with Crippen molar-refractivity contribution in [1.82, 2.24) is 4.90 Å². The van der Waals surface area contributed by atoms with Crippen LogP contribution in [-0.4, -0.2) is 30.8 Å². The maximum absolute atomic E-state index is 11.8. The Bertz CT molecular complexity index is 412. The van der Waals surface area contributed by atoms with Crippen molar-refractivity contribution in [2.75, 3.05) is 20.0 Å². The van der Waals surface area contributed by atoms with Gasteiger partial charge in [-0.15, -0.1) is 11.6 Å². The number of hydrogen-bond donors (Lipinski definition) is 0. The third-order valence-corrected chi connectivity index (χ3v) is 3.36. The predicted molar refractivity (Wildman–Crippen MR) is 77.1 cm³/mol. The molecule has 0 heterocycles. The van der Waals surface area contributed by atoms with Crippen LogP contribution < -0.4 is 4.74 Å². The smallest absolute Gasteiger partial charge is 0.222 e. The number of methoxy groups -OCH3 is 1. The van der Waals surface area contributed by atoms with E-state index in [2.05, 4.69) is 15.9 Å². The fourth-order valence-electron chi connectivity index (χ4n) is 1.62. The highest BCUT2D eigenvalue weighted by Gasteiger charge is 2.12. The van der Waals surface area contributed by atoms with E-state index in [4.69, 9.17) is 16.3 Å². The number of carbonyl (C=O) groups is 1. The van der Waals surface area contributed by atoms with Crippen LogP contribution in [0, 0.1) is 0 Å². The molecule has 0 N–H and O–H groups in total. The van der Waals surface area contributed by atoms with Crippen LogP contribution in [0.3, 0.4) is 0 Å². The van der Waals surface area contributed by atoms with Gasteiger partial charge in [0.1, 0.15) is 5.75 Å². The highest BCUT2D eigenvalue weighted by molar-refractivity contribution is 9.10. The topological polar surface area (TPSA) is 29.5 Å². The summed E-state index contributed by atoms with van der Waals surface area (Å²) in [5.41, 5.74) is 0.980. The molecule has 0 atom stereocenters. The molecule has 1 aromatic carbocycles. The van der Waals surface area contributed by atoms with Gasteiger partial charge in [0.2, 0.25) is 5.91 Å². The second-order valence-corrected chi connectivity index (χ2v) is 5.29. The lowest BCUT2D eigenvalue weighted by atomic mass is 10.2. The van der Waals surface area contributed by atoms with Crippen molar-refractivity contribution in [3.63, 3.8) is 0 Å². The summed E-state index contributed by atoms with van der Waals surface area (Å²) in [4.78, 5) is 13.5. The zero-order valence-corrected chi connectivity index (χ0v) is 12.9. The van der Waals surface area contributed by atoms with Crippen LogP contribution in [0.4, 0.5) is 0 Å². The van der Waals surface area contributed by atoms with Gasteiger partial charge >= 0.3 is 0 Å². The van der Waals surface area contributed by atoms with Crippen LogP contribution in [0.1, 0.15) is 18.4 Å². The highest BCUT2D eigenvalue weighted by Crippen LogP contribution is 2.24. The maximum atomic E-state index is 11.8. The Kier molecular flexibility index (Phi) is 6.50. The van der Waals surface area contributed by atoms with Gasteiger partial charge in [0.05, 0.1) is 7.11 Å². The summed E-state index contributed by atoms with van der Waals surface area (Å²) < 4.78 is 6.25. The summed E-state index contributed by atoms with van der Waals surface area (Å²) in [6.07, 6.45) is 1.19. The third kappa shape index (κ3) is 4.50. The number of benzene rings is 1. The van der Waals surface area contributed by atoms with E-state index in [1.165, 1.54) is 0 Å². The largest absolute Gasteiger partial charge is 0.496 e. The minimum Gasteiger partial charge on any atom is -0.496 e. The molecule has 5 heteroatoms. The molecular weight excluding hydrogens is 318 g/mol. The minimum atomic E-state index is 0.0951. The fraction of sp³-hybridized carbons (Fsp3) is 0.462. The number of alkyl halides is 1. The number of halogens is 2. The highest BCUT2D eigenvalue weighted by atomic mass is 79.9. The quantitative estimate of drug-likeness (QED) is 0.746. The number of rotatable bonds is 6. The first-order valence-corrected chi connectivity index (χ1v) is 7.03. The Labute approximate surface area is 121 Å². The van der Waals surface area contributed by atoms with Crippen LogP contribution in [0.15, 0.2) is 22.7 Å². The van der Waals surface area contributed by atoms with Gasteiger partial charge in [0.25, 0.3) is 0 Å². The molecule has 0 radical (unpaired) electrons. The fourth-order valence-corrected chi connectivity index (χ4v) is 2.17. The Morgan fingerprint density at radius 2 is 2.22 bits per heavy atom. The Morgan fingerprint density at radius 1 is 1.50 bits per heavy atom. The zero-order valence-electron chi connectivity index (χ0n) is 10.6. The summed E-state index contributed by atoms with van der Waals surface area (Å²) in [5.74, 6) is 1.40. The van der Waals surface area contributed by atoms with Crippen LogP contribution >= 0.6 is 27.5 Å². The average molecular weight is 335 g/mol. The number of ether oxygens (including phenoxy) is 1. The lowest BCUT2D eigenvalue weighted by molar-refractivity contribution is -0.130. The van der Waals surface area contributed by atoms with Crippen molar-refractivity contribution in [2.45, 2.75) is 19.4 Å². The van der Waals surface area contributed by atoms with E-state index in [9.17, 15) is 4.79 Å². The van der Waals surface area contributed by atoms with Gasteiger partial charge in [-0.3, -0.25) is 4.79 Å². The molecule has 0 saturated carbocycles. The van der Waals surface area contributed by atoms with Crippen LogP contribution in [-0.2, 0) is 11.3 Å². The van der Waals surface area contributed by atoms with E-state index in [0.717, 1.165) is 15.8 Å². The van der Waals surface area contributed by atoms with Crippen molar-refractivity contribution in [2.24, 2.45) is 0 Å². The molecule has 1 aromatic rings. The molecule has 0 aliphatic heterocycles. The molecule has 0 aliphatic rings. The van der Waals surface area contributed by atoms with E-state index in [1.54, 1.807) is 19.1 Å². The first kappa shape index (κ1) is 15.3. The van der Waals surface area contributed by atoms with Crippen molar-refractivity contribution in [1.29, 1.82) is 0 Å². The van der Waals surface area contributed by atoms with Gasteiger partial charge < -0.3 is 9.64 Å².